The topological polar surface area (TPSA) is 114 Å². The number of benzene rings is 1. The Kier molecular flexibility index (Phi) is 4.02. The van der Waals surface area contributed by atoms with Crippen LogP contribution < -0.4 is 5.32 Å². The van der Waals surface area contributed by atoms with Crippen LogP contribution in [0.1, 0.15) is 31.2 Å². The predicted octanol–water partition coefficient (Wildman–Crippen LogP) is 1.81. The van der Waals surface area contributed by atoms with Crippen LogP contribution in [-0.2, 0) is 4.74 Å². The van der Waals surface area contributed by atoms with Crippen molar-refractivity contribution < 1.29 is 19.1 Å². The van der Waals surface area contributed by atoms with Crippen LogP contribution in [0.15, 0.2) is 36.8 Å². The summed E-state index contributed by atoms with van der Waals surface area (Å²) in [7, 11) is 1.29. The van der Waals surface area contributed by atoms with Gasteiger partial charge >= 0.3 is 5.97 Å². The molecule has 8 nitrogen and oxygen atoms in total. The number of carbonyl (C=O) groups excluding carboxylic acids is 3. The Morgan fingerprint density at radius 2 is 1.88 bits per heavy atom. The van der Waals surface area contributed by atoms with Crippen molar-refractivity contribution in [1.82, 2.24) is 15.0 Å². The molecule has 1 aromatic carbocycles. The quantitative estimate of drug-likeness (QED) is 0.559. The number of hydrogen-bond donors (Lipinski definition) is 2. The maximum absolute atomic E-state index is 12.3. The molecule has 0 unspecified atom stereocenters. The number of methoxy groups -OCH3 is 1. The molecule has 0 aliphatic carbocycles. The van der Waals surface area contributed by atoms with Gasteiger partial charge in [-0.25, -0.2) is 14.8 Å². The molecule has 0 fully saturated rings. The van der Waals surface area contributed by atoms with Crippen molar-refractivity contribution in [1.29, 1.82) is 0 Å². The van der Waals surface area contributed by atoms with E-state index < -0.39 is 5.97 Å². The highest BCUT2D eigenvalue weighted by Crippen LogP contribution is 2.22. The largest absolute Gasteiger partial charge is 0.465 e. The average Bonchev–Trinajstić information content (AvgIpc) is 3.04. The maximum Gasteiger partial charge on any atom is 0.337 e. The second-order valence-corrected chi connectivity index (χ2v) is 4.83. The van der Waals surface area contributed by atoms with Crippen LogP contribution in [0.4, 0.5) is 5.69 Å². The summed E-state index contributed by atoms with van der Waals surface area (Å²) in [6, 6.07) is 6.04. The van der Waals surface area contributed by atoms with Crippen molar-refractivity contribution in [2.24, 2.45) is 0 Å². The number of hydrogen-bond acceptors (Lipinski definition) is 6. The second-order valence-electron chi connectivity index (χ2n) is 4.83. The van der Waals surface area contributed by atoms with E-state index in [9.17, 15) is 14.4 Å². The molecule has 8 heteroatoms. The van der Waals surface area contributed by atoms with Crippen LogP contribution in [0.3, 0.4) is 0 Å². The lowest BCUT2D eigenvalue weighted by Crippen LogP contribution is -2.12. The van der Waals surface area contributed by atoms with E-state index >= 15 is 0 Å². The molecule has 0 aliphatic heterocycles. The molecule has 0 atom stereocenters. The number of aromatic amines is 1. The van der Waals surface area contributed by atoms with E-state index in [4.69, 9.17) is 0 Å². The van der Waals surface area contributed by atoms with Crippen LogP contribution in [0.25, 0.3) is 11.0 Å². The molecule has 2 aromatic heterocycles. The first-order valence-electron chi connectivity index (χ1n) is 6.91. The number of aldehydes is 1. The van der Waals surface area contributed by atoms with Crippen molar-refractivity contribution in [3.8, 4) is 0 Å². The maximum atomic E-state index is 12.3. The Morgan fingerprint density at radius 3 is 2.54 bits per heavy atom. The van der Waals surface area contributed by atoms with Gasteiger partial charge < -0.3 is 15.0 Å². The first-order valence-corrected chi connectivity index (χ1v) is 6.91. The highest BCUT2D eigenvalue weighted by atomic mass is 16.5. The van der Waals surface area contributed by atoms with E-state index in [1.54, 1.807) is 0 Å². The molecule has 0 saturated carbocycles. The summed E-state index contributed by atoms with van der Waals surface area (Å²) in [6.45, 7) is 0. The lowest BCUT2D eigenvalue weighted by atomic mass is 10.1. The number of esters is 1. The van der Waals surface area contributed by atoms with Crippen LogP contribution >= 0.6 is 0 Å². The molecule has 2 heterocycles. The minimum atomic E-state index is -0.475. The lowest BCUT2D eigenvalue weighted by molar-refractivity contribution is 0.0600. The molecule has 0 bridgehead atoms. The minimum Gasteiger partial charge on any atom is -0.465 e. The standard InChI is InChI=1S/C16H12N4O4/c1-24-16(23)10-4-2-9(3-5-10)15(22)20-11-6-17-14-12(7-21)18-8-19-13(11)14/h2-8,17H,1H3,(H,20,22). The van der Waals surface area contributed by atoms with Gasteiger partial charge in [-0.2, -0.15) is 0 Å². The van der Waals surface area contributed by atoms with Gasteiger partial charge in [-0.05, 0) is 24.3 Å². The smallest absolute Gasteiger partial charge is 0.337 e. The van der Waals surface area contributed by atoms with Gasteiger partial charge in [0.25, 0.3) is 5.91 Å². The molecule has 3 rings (SSSR count). The average molecular weight is 324 g/mol. The number of nitrogens with zero attached hydrogens (tertiary/aromatic N) is 2. The fourth-order valence-corrected chi connectivity index (χ4v) is 2.21. The fourth-order valence-electron chi connectivity index (χ4n) is 2.21. The van der Waals surface area contributed by atoms with Crippen molar-refractivity contribution in [3.05, 3.63) is 53.6 Å². The third kappa shape index (κ3) is 2.72. The minimum absolute atomic E-state index is 0.211. The number of ether oxygens (including phenoxy) is 1. The molecule has 0 aliphatic rings. The summed E-state index contributed by atoms with van der Waals surface area (Å²) >= 11 is 0. The fraction of sp³-hybridized carbons (Fsp3) is 0.0625. The molecule has 0 radical (unpaired) electrons. The molecule has 0 saturated heterocycles. The zero-order chi connectivity index (χ0) is 17.1. The van der Waals surface area contributed by atoms with Crippen molar-refractivity contribution in [3.63, 3.8) is 0 Å². The van der Waals surface area contributed by atoms with Crippen LogP contribution in [0.5, 0.6) is 0 Å². The van der Waals surface area contributed by atoms with Gasteiger partial charge in [-0.1, -0.05) is 0 Å². The van der Waals surface area contributed by atoms with Crippen molar-refractivity contribution >= 4 is 34.9 Å². The van der Waals surface area contributed by atoms with Crippen molar-refractivity contribution in [2.75, 3.05) is 12.4 Å². The predicted molar refractivity (Wildman–Crippen MR) is 85.0 cm³/mol. The number of nitrogens with one attached hydrogen (secondary N) is 2. The van der Waals surface area contributed by atoms with E-state index in [1.165, 1.54) is 43.9 Å². The molecule has 2 N–H and O–H groups in total. The number of rotatable bonds is 4. The number of carbonyl (C=O) groups is 3. The van der Waals surface area contributed by atoms with Crippen LogP contribution in [0, 0.1) is 0 Å². The molecule has 24 heavy (non-hydrogen) atoms. The number of anilines is 1. The highest BCUT2D eigenvalue weighted by Gasteiger charge is 2.14. The van der Waals surface area contributed by atoms with E-state index in [-0.39, 0.29) is 11.6 Å². The van der Waals surface area contributed by atoms with Crippen LogP contribution in [0.2, 0.25) is 0 Å². The summed E-state index contributed by atoms with van der Waals surface area (Å²) in [5.74, 6) is -0.852. The lowest BCUT2D eigenvalue weighted by Gasteiger charge is -2.04. The molecular weight excluding hydrogens is 312 g/mol. The summed E-state index contributed by atoms with van der Waals surface area (Å²) in [5, 5.41) is 2.70. The molecule has 0 spiro atoms. The number of amides is 1. The Bertz CT molecular complexity index is 931. The third-order valence-corrected chi connectivity index (χ3v) is 3.42. The normalized spacial score (nSPS) is 10.4. The van der Waals surface area contributed by atoms with E-state index in [0.29, 0.717) is 34.1 Å². The zero-order valence-electron chi connectivity index (χ0n) is 12.6. The Labute approximate surface area is 135 Å². The first-order chi connectivity index (χ1) is 11.6. The molecular formula is C16H12N4O4. The third-order valence-electron chi connectivity index (χ3n) is 3.42. The summed E-state index contributed by atoms with van der Waals surface area (Å²) in [4.78, 5) is 45.4. The Morgan fingerprint density at radius 1 is 1.17 bits per heavy atom. The molecule has 3 aromatic rings. The van der Waals surface area contributed by atoms with Gasteiger partial charge in [0, 0.05) is 11.8 Å². The zero-order valence-corrected chi connectivity index (χ0v) is 12.6. The Hall–Kier alpha value is -3.55. The molecule has 120 valence electrons. The van der Waals surface area contributed by atoms with E-state index in [0.717, 1.165) is 0 Å². The van der Waals surface area contributed by atoms with Gasteiger partial charge in [0.05, 0.1) is 23.9 Å². The number of fused-ring (bicyclic) bond motifs is 1. The van der Waals surface area contributed by atoms with Crippen molar-refractivity contribution in [2.45, 2.75) is 0 Å². The number of H-pyrrole nitrogens is 1. The summed E-state index contributed by atoms with van der Waals surface area (Å²) in [6.07, 6.45) is 3.39. The Balaban J connectivity index is 1.85. The van der Waals surface area contributed by atoms with Gasteiger partial charge in [0.15, 0.2) is 6.29 Å². The second kappa shape index (κ2) is 6.29. The first kappa shape index (κ1) is 15.3. The van der Waals surface area contributed by atoms with Crippen LogP contribution in [-0.4, -0.2) is 40.2 Å². The van der Waals surface area contributed by atoms with Gasteiger partial charge in [0.1, 0.15) is 17.5 Å². The monoisotopic (exact) mass is 324 g/mol. The summed E-state index contributed by atoms with van der Waals surface area (Å²) < 4.78 is 4.61. The number of aromatic nitrogens is 3. The van der Waals surface area contributed by atoms with Gasteiger partial charge in [-0.3, -0.25) is 9.59 Å². The highest BCUT2D eigenvalue weighted by molar-refractivity contribution is 6.09. The SMILES string of the molecule is COC(=O)c1ccc(C(=O)Nc2c[nH]c3c(C=O)ncnc23)cc1. The van der Waals surface area contributed by atoms with E-state index in [2.05, 4.69) is 25.0 Å². The summed E-state index contributed by atoms with van der Waals surface area (Å²) in [5.41, 5.74) is 2.24. The van der Waals surface area contributed by atoms with Gasteiger partial charge in [0.2, 0.25) is 0 Å². The van der Waals surface area contributed by atoms with E-state index in [1.807, 2.05) is 0 Å². The molecule has 1 amide bonds. The van der Waals surface area contributed by atoms with Gasteiger partial charge in [-0.15, -0.1) is 0 Å².